The number of carbonyl (C=O) groups excluding carboxylic acids is 4. The fourth-order valence-electron chi connectivity index (χ4n) is 8.39. The van der Waals surface area contributed by atoms with E-state index in [2.05, 4.69) is 58.5 Å². The normalized spacial score (nSPS) is 18.3. The SMILES string of the molecule is COC(=O)C[C@H](C(=O)N1CCC[C@H]1c1nc2ccc(-c3ccc(-c4ccc5nc([C@@H]6CCCN6C(=O)[C@@H](CC(=O)OC)C(C)C)[nH]c5c4)cc3)cc2[nH]1)C(C)C. The number of amides is 2. The molecule has 4 heterocycles. The van der Waals surface area contributed by atoms with E-state index < -0.39 is 11.8 Å². The number of nitrogens with one attached hydrogen (secondary N) is 2. The average molecular weight is 761 g/mol. The summed E-state index contributed by atoms with van der Waals surface area (Å²) >= 11 is 0. The lowest BCUT2D eigenvalue weighted by Gasteiger charge is -2.29. The Hall–Kier alpha value is -5.52. The summed E-state index contributed by atoms with van der Waals surface area (Å²) in [7, 11) is 2.71. The molecule has 2 amide bonds. The van der Waals surface area contributed by atoms with Gasteiger partial charge in [-0.2, -0.15) is 0 Å². The monoisotopic (exact) mass is 760 g/mol. The summed E-state index contributed by atoms with van der Waals surface area (Å²) in [5.41, 5.74) is 7.72. The molecular weight excluding hydrogens is 709 g/mol. The van der Waals surface area contributed by atoms with Crippen molar-refractivity contribution in [2.24, 2.45) is 23.7 Å². The van der Waals surface area contributed by atoms with Gasteiger partial charge in [-0.3, -0.25) is 19.2 Å². The molecule has 2 aromatic heterocycles. The van der Waals surface area contributed by atoms with Gasteiger partial charge in [-0.15, -0.1) is 0 Å². The van der Waals surface area contributed by atoms with Crippen molar-refractivity contribution >= 4 is 45.8 Å². The Morgan fingerprint density at radius 2 is 1.00 bits per heavy atom. The van der Waals surface area contributed by atoms with E-state index in [1.807, 2.05) is 49.6 Å². The first-order chi connectivity index (χ1) is 26.9. The first-order valence-electron chi connectivity index (χ1n) is 19.8. The van der Waals surface area contributed by atoms with Gasteiger partial charge in [-0.05, 0) is 84.0 Å². The van der Waals surface area contributed by atoms with Crippen molar-refractivity contribution in [3.8, 4) is 22.3 Å². The Bertz CT molecular complexity index is 2080. The minimum absolute atomic E-state index is 0.00468. The molecule has 2 aliphatic heterocycles. The molecule has 0 saturated carbocycles. The van der Waals surface area contributed by atoms with Crippen LogP contribution in [0.3, 0.4) is 0 Å². The summed E-state index contributed by atoms with van der Waals surface area (Å²) in [4.78, 5) is 72.1. The van der Waals surface area contributed by atoms with Gasteiger partial charge in [0.2, 0.25) is 11.8 Å². The maximum absolute atomic E-state index is 13.7. The van der Waals surface area contributed by atoms with Gasteiger partial charge in [0.25, 0.3) is 0 Å². The Kier molecular flexibility index (Phi) is 11.3. The number of imidazole rings is 2. The van der Waals surface area contributed by atoms with Crippen LogP contribution in [0.4, 0.5) is 0 Å². The Balaban J connectivity index is 1.06. The van der Waals surface area contributed by atoms with Crippen LogP contribution in [0.5, 0.6) is 0 Å². The van der Waals surface area contributed by atoms with Crippen LogP contribution in [0, 0.1) is 23.7 Å². The van der Waals surface area contributed by atoms with Crippen LogP contribution < -0.4 is 0 Å². The molecule has 294 valence electrons. The van der Waals surface area contributed by atoms with Crippen molar-refractivity contribution in [2.75, 3.05) is 27.3 Å². The standard InChI is InChI=1S/C44H52N6O6/c1-25(2)31(23-39(51)55-5)43(53)49-19-7-9-37(49)41-45-33-17-15-29(21-35(33)47-41)27-11-13-28(14-12-27)30-16-18-34-36(22-30)48-42(46-34)38-10-8-20-50(38)44(54)32(26(3)4)24-40(52)56-6/h11-18,21-22,25-26,31-32,37-38H,7-10,19-20,23-24H2,1-6H3,(H,45,47)(H,46,48)/t31-,32-,37-,38-/m0/s1. The second-order valence-corrected chi connectivity index (χ2v) is 15.9. The summed E-state index contributed by atoms with van der Waals surface area (Å²) in [6, 6.07) is 20.5. The van der Waals surface area contributed by atoms with Crippen molar-refractivity contribution in [2.45, 2.75) is 78.3 Å². The van der Waals surface area contributed by atoms with Crippen molar-refractivity contribution in [1.82, 2.24) is 29.7 Å². The largest absolute Gasteiger partial charge is 0.469 e. The third kappa shape index (κ3) is 7.79. The number of benzene rings is 3. The molecule has 4 atom stereocenters. The molecule has 12 nitrogen and oxygen atoms in total. The van der Waals surface area contributed by atoms with E-state index in [-0.39, 0.29) is 60.5 Å². The smallest absolute Gasteiger partial charge is 0.306 e. The number of fused-ring (bicyclic) bond motifs is 2. The molecule has 0 spiro atoms. The van der Waals surface area contributed by atoms with Gasteiger partial charge in [0.15, 0.2) is 0 Å². The summed E-state index contributed by atoms with van der Waals surface area (Å²) in [6.45, 7) is 9.14. The zero-order valence-corrected chi connectivity index (χ0v) is 33.1. The molecule has 3 aromatic carbocycles. The number of aromatic nitrogens is 4. The number of methoxy groups -OCH3 is 2. The highest BCUT2D eigenvalue weighted by Gasteiger charge is 2.39. The third-order valence-corrected chi connectivity index (χ3v) is 11.7. The van der Waals surface area contributed by atoms with Crippen molar-refractivity contribution < 1.29 is 28.7 Å². The first-order valence-corrected chi connectivity index (χ1v) is 19.8. The summed E-state index contributed by atoms with van der Waals surface area (Å²) < 4.78 is 9.76. The number of nitrogens with zero attached hydrogens (tertiary/aromatic N) is 4. The number of aromatic amines is 2. The van der Waals surface area contributed by atoms with Crippen LogP contribution in [0.2, 0.25) is 0 Å². The van der Waals surface area contributed by atoms with Gasteiger partial charge in [-0.1, -0.05) is 64.1 Å². The fourth-order valence-corrected chi connectivity index (χ4v) is 8.39. The maximum Gasteiger partial charge on any atom is 0.306 e. The first kappa shape index (κ1) is 38.7. The number of likely N-dealkylation sites (tertiary alicyclic amines) is 2. The molecular formula is C44H52N6O6. The van der Waals surface area contributed by atoms with Crippen LogP contribution in [0.1, 0.15) is 90.0 Å². The topological polar surface area (TPSA) is 151 Å². The van der Waals surface area contributed by atoms with Crippen LogP contribution in [-0.4, -0.2) is 80.8 Å². The maximum atomic E-state index is 13.7. The average Bonchev–Trinajstić information content (AvgIpc) is 4.03. The van der Waals surface area contributed by atoms with Crippen molar-refractivity contribution in [3.63, 3.8) is 0 Å². The quantitative estimate of drug-likeness (QED) is 0.123. The van der Waals surface area contributed by atoms with Crippen LogP contribution in [-0.2, 0) is 28.7 Å². The number of esters is 2. The van der Waals surface area contributed by atoms with Gasteiger partial charge in [-0.25, -0.2) is 9.97 Å². The molecule has 12 heteroatoms. The molecule has 2 N–H and O–H groups in total. The molecule has 0 radical (unpaired) electrons. The van der Waals surface area contributed by atoms with E-state index in [0.29, 0.717) is 13.1 Å². The van der Waals surface area contributed by atoms with Crippen LogP contribution in [0.15, 0.2) is 60.7 Å². The minimum atomic E-state index is -0.440. The number of hydrogen-bond acceptors (Lipinski definition) is 8. The van der Waals surface area contributed by atoms with E-state index in [4.69, 9.17) is 19.4 Å². The second kappa shape index (κ2) is 16.3. The van der Waals surface area contributed by atoms with E-state index in [1.165, 1.54) is 14.2 Å². The van der Waals surface area contributed by atoms with Crippen LogP contribution >= 0.6 is 0 Å². The van der Waals surface area contributed by atoms with Crippen molar-refractivity contribution in [1.29, 1.82) is 0 Å². The molecule has 5 aromatic rings. The zero-order valence-electron chi connectivity index (χ0n) is 33.1. The van der Waals surface area contributed by atoms with Crippen LogP contribution in [0.25, 0.3) is 44.3 Å². The Morgan fingerprint density at radius 3 is 1.36 bits per heavy atom. The predicted molar refractivity (Wildman–Crippen MR) is 214 cm³/mol. The molecule has 2 fully saturated rings. The minimum Gasteiger partial charge on any atom is -0.469 e. The van der Waals surface area contributed by atoms with Gasteiger partial charge >= 0.3 is 11.9 Å². The molecule has 0 unspecified atom stereocenters. The van der Waals surface area contributed by atoms with E-state index in [1.54, 1.807) is 0 Å². The highest BCUT2D eigenvalue weighted by molar-refractivity contribution is 5.87. The Labute approximate surface area is 327 Å². The number of ether oxygens (including phenoxy) is 2. The predicted octanol–water partition coefficient (Wildman–Crippen LogP) is 7.77. The van der Waals surface area contributed by atoms with E-state index in [0.717, 1.165) is 81.7 Å². The molecule has 2 saturated heterocycles. The molecule has 0 aliphatic carbocycles. The summed E-state index contributed by atoms with van der Waals surface area (Å²) in [6.07, 6.45) is 3.51. The second-order valence-electron chi connectivity index (χ2n) is 15.9. The number of carbonyl (C=O) groups is 4. The van der Waals surface area contributed by atoms with Gasteiger partial charge < -0.3 is 29.2 Å². The molecule has 56 heavy (non-hydrogen) atoms. The lowest BCUT2D eigenvalue weighted by Crippen LogP contribution is -2.39. The summed E-state index contributed by atoms with van der Waals surface area (Å²) in [5, 5.41) is 0. The molecule has 2 aliphatic rings. The number of rotatable bonds is 12. The van der Waals surface area contributed by atoms with Gasteiger partial charge in [0.05, 0.1) is 73.0 Å². The number of hydrogen-bond donors (Lipinski definition) is 2. The van der Waals surface area contributed by atoms with Crippen molar-refractivity contribution in [3.05, 3.63) is 72.3 Å². The molecule has 0 bridgehead atoms. The molecule has 7 rings (SSSR count). The lowest BCUT2D eigenvalue weighted by molar-refractivity contribution is -0.148. The fraction of sp³-hybridized carbons (Fsp3) is 0.455. The zero-order chi connectivity index (χ0) is 39.7. The summed E-state index contributed by atoms with van der Waals surface area (Å²) in [5.74, 6) is -0.137. The highest BCUT2D eigenvalue weighted by Crippen LogP contribution is 2.37. The van der Waals surface area contributed by atoms with E-state index in [9.17, 15) is 19.2 Å². The highest BCUT2D eigenvalue weighted by atomic mass is 16.5. The lowest BCUT2D eigenvalue weighted by atomic mass is 9.91. The third-order valence-electron chi connectivity index (χ3n) is 11.7. The van der Waals surface area contributed by atoms with E-state index >= 15 is 0 Å². The number of H-pyrrole nitrogens is 2. The van der Waals surface area contributed by atoms with Gasteiger partial charge in [0, 0.05) is 13.1 Å². The Morgan fingerprint density at radius 1 is 0.625 bits per heavy atom. The van der Waals surface area contributed by atoms with Gasteiger partial charge in [0.1, 0.15) is 11.6 Å².